The Bertz CT molecular complexity index is 570. The van der Waals surface area contributed by atoms with Gasteiger partial charge in [0.25, 0.3) is 0 Å². The molecular weight excluding hydrogens is 325 g/mol. The van der Waals surface area contributed by atoms with Crippen LogP contribution in [-0.2, 0) is 0 Å². The third-order valence-corrected chi connectivity index (χ3v) is 4.88. The Morgan fingerprint density at radius 1 is 1.41 bits per heavy atom. The van der Waals surface area contributed by atoms with Crippen molar-refractivity contribution in [1.82, 2.24) is 15.1 Å². The number of ether oxygens (including phenoxy) is 1. The number of piperidine rings is 1. The number of fused-ring (bicyclic) bond motifs is 1. The Labute approximate surface area is 140 Å². The molecule has 5 nitrogen and oxygen atoms in total. The highest BCUT2D eigenvalue weighted by atomic mass is 35.5. The maximum absolute atomic E-state index is 11.7. The molecule has 2 fully saturated rings. The third-order valence-electron chi connectivity index (χ3n) is 4.35. The van der Waals surface area contributed by atoms with Crippen LogP contribution in [0.1, 0.15) is 6.42 Å². The molecule has 0 bridgehead atoms. The van der Waals surface area contributed by atoms with Gasteiger partial charge in [-0.2, -0.15) is 0 Å². The SMILES string of the molecule is CN1C(=O)N[C@@H]2CN(CCOc3ccc(Cl)cc3Cl)CC[C@@H]21. The Morgan fingerprint density at radius 2 is 2.23 bits per heavy atom. The number of hydrogen-bond acceptors (Lipinski definition) is 3. The summed E-state index contributed by atoms with van der Waals surface area (Å²) >= 11 is 11.9. The molecule has 22 heavy (non-hydrogen) atoms. The van der Waals surface area contributed by atoms with Crippen LogP contribution in [0, 0.1) is 0 Å². The number of carbonyl (C=O) groups excluding carboxylic acids is 1. The Morgan fingerprint density at radius 3 is 3.00 bits per heavy atom. The predicted molar refractivity (Wildman–Crippen MR) is 86.9 cm³/mol. The van der Waals surface area contributed by atoms with Gasteiger partial charge in [0.1, 0.15) is 12.4 Å². The number of rotatable bonds is 4. The summed E-state index contributed by atoms with van der Waals surface area (Å²) in [4.78, 5) is 15.8. The Balaban J connectivity index is 1.48. The van der Waals surface area contributed by atoms with E-state index in [4.69, 9.17) is 27.9 Å². The van der Waals surface area contributed by atoms with E-state index < -0.39 is 0 Å². The quantitative estimate of drug-likeness (QED) is 0.913. The van der Waals surface area contributed by atoms with E-state index >= 15 is 0 Å². The van der Waals surface area contributed by atoms with Gasteiger partial charge < -0.3 is 15.0 Å². The highest BCUT2D eigenvalue weighted by Crippen LogP contribution is 2.27. The topological polar surface area (TPSA) is 44.8 Å². The Kier molecular flexibility index (Phi) is 4.66. The van der Waals surface area contributed by atoms with Gasteiger partial charge in [-0.25, -0.2) is 4.79 Å². The molecule has 2 aliphatic heterocycles. The summed E-state index contributed by atoms with van der Waals surface area (Å²) in [6.07, 6.45) is 0.988. The number of urea groups is 1. The van der Waals surface area contributed by atoms with E-state index in [2.05, 4.69) is 10.2 Å². The first-order chi connectivity index (χ1) is 10.5. The van der Waals surface area contributed by atoms with Crippen LogP contribution >= 0.6 is 23.2 Å². The van der Waals surface area contributed by atoms with Crippen molar-refractivity contribution in [3.8, 4) is 5.75 Å². The molecule has 0 radical (unpaired) electrons. The lowest BCUT2D eigenvalue weighted by atomic mass is 10.0. The number of carbonyl (C=O) groups is 1. The molecule has 1 aromatic rings. The molecule has 2 amide bonds. The summed E-state index contributed by atoms with van der Waals surface area (Å²) in [6.45, 7) is 3.20. The molecule has 2 saturated heterocycles. The van der Waals surface area contributed by atoms with Crippen LogP contribution < -0.4 is 10.1 Å². The smallest absolute Gasteiger partial charge is 0.317 e. The zero-order valence-corrected chi connectivity index (χ0v) is 13.9. The van der Waals surface area contributed by atoms with Crippen LogP contribution in [0.3, 0.4) is 0 Å². The minimum absolute atomic E-state index is 0.0287. The monoisotopic (exact) mass is 343 g/mol. The predicted octanol–water partition coefficient (Wildman–Crippen LogP) is 2.47. The number of amides is 2. The fourth-order valence-corrected chi connectivity index (χ4v) is 3.57. The van der Waals surface area contributed by atoms with Crippen molar-refractivity contribution >= 4 is 29.2 Å². The maximum Gasteiger partial charge on any atom is 0.317 e. The van der Waals surface area contributed by atoms with Crippen molar-refractivity contribution in [2.45, 2.75) is 18.5 Å². The number of nitrogens with one attached hydrogen (secondary N) is 1. The molecule has 1 N–H and O–H groups in total. The number of nitrogens with zero attached hydrogens (tertiary/aromatic N) is 2. The van der Waals surface area contributed by atoms with E-state index in [0.717, 1.165) is 26.1 Å². The van der Waals surface area contributed by atoms with Gasteiger partial charge in [-0.3, -0.25) is 4.90 Å². The molecule has 2 aliphatic rings. The van der Waals surface area contributed by atoms with Crippen molar-refractivity contribution in [3.63, 3.8) is 0 Å². The van der Waals surface area contributed by atoms with Gasteiger partial charge in [0, 0.05) is 31.7 Å². The maximum atomic E-state index is 11.7. The summed E-state index contributed by atoms with van der Waals surface area (Å²) in [5.74, 6) is 0.648. The lowest BCUT2D eigenvalue weighted by Crippen LogP contribution is -2.51. The molecule has 3 rings (SSSR count). The first-order valence-corrected chi connectivity index (χ1v) is 8.14. The number of likely N-dealkylation sites (N-methyl/N-ethyl adjacent to an activating group) is 1. The number of halogens is 2. The van der Waals surface area contributed by atoms with Crippen LogP contribution in [0.2, 0.25) is 10.0 Å². The molecule has 0 unspecified atom stereocenters. The number of likely N-dealkylation sites (tertiary alicyclic amines) is 1. The lowest BCUT2D eigenvalue weighted by molar-refractivity contribution is 0.134. The highest BCUT2D eigenvalue weighted by Gasteiger charge is 2.40. The van der Waals surface area contributed by atoms with Crippen molar-refractivity contribution in [1.29, 1.82) is 0 Å². The molecule has 1 aromatic carbocycles. The van der Waals surface area contributed by atoms with Crippen LogP contribution in [-0.4, -0.2) is 61.2 Å². The van der Waals surface area contributed by atoms with E-state index in [1.807, 2.05) is 11.9 Å². The van der Waals surface area contributed by atoms with E-state index in [1.54, 1.807) is 18.2 Å². The summed E-state index contributed by atoms with van der Waals surface area (Å²) in [6, 6.07) is 5.77. The summed E-state index contributed by atoms with van der Waals surface area (Å²) in [5.41, 5.74) is 0. The molecule has 7 heteroatoms. The standard InChI is InChI=1S/C15H19Cl2N3O2/c1-19-13-4-5-20(9-12(13)18-15(19)21)6-7-22-14-3-2-10(16)8-11(14)17/h2-3,8,12-13H,4-7,9H2,1H3,(H,18,21)/t12-,13+/m1/s1. The average molecular weight is 344 g/mol. The molecule has 0 aromatic heterocycles. The fourth-order valence-electron chi connectivity index (χ4n) is 3.10. The van der Waals surface area contributed by atoms with Gasteiger partial charge >= 0.3 is 6.03 Å². The largest absolute Gasteiger partial charge is 0.491 e. The van der Waals surface area contributed by atoms with Crippen molar-refractivity contribution < 1.29 is 9.53 Å². The average Bonchev–Trinajstić information content (AvgIpc) is 2.76. The van der Waals surface area contributed by atoms with Crippen LogP contribution in [0.4, 0.5) is 4.79 Å². The minimum Gasteiger partial charge on any atom is -0.491 e. The second kappa shape index (κ2) is 6.52. The van der Waals surface area contributed by atoms with Gasteiger partial charge in [0.2, 0.25) is 0 Å². The summed E-state index contributed by atoms with van der Waals surface area (Å²) in [5, 5.41) is 4.15. The zero-order valence-electron chi connectivity index (χ0n) is 12.4. The zero-order chi connectivity index (χ0) is 15.7. The van der Waals surface area contributed by atoms with E-state index in [0.29, 0.717) is 28.4 Å². The molecule has 2 atom stereocenters. The van der Waals surface area contributed by atoms with Gasteiger partial charge in [-0.1, -0.05) is 23.2 Å². The van der Waals surface area contributed by atoms with E-state index in [-0.39, 0.29) is 12.1 Å². The Hall–Kier alpha value is -1.17. The van der Waals surface area contributed by atoms with Crippen LogP contribution in [0.5, 0.6) is 5.75 Å². The first-order valence-electron chi connectivity index (χ1n) is 7.38. The second-order valence-electron chi connectivity index (χ2n) is 5.75. The third kappa shape index (κ3) is 3.26. The minimum atomic E-state index is 0.0287. The molecule has 2 heterocycles. The van der Waals surface area contributed by atoms with Crippen molar-refractivity contribution in [3.05, 3.63) is 28.2 Å². The van der Waals surface area contributed by atoms with E-state index in [9.17, 15) is 4.79 Å². The van der Waals surface area contributed by atoms with E-state index in [1.165, 1.54) is 0 Å². The highest BCUT2D eigenvalue weighted by molar-refractivity contribution is 6.35. The van der Waals surface area contributed by atoms with Crippen molar-refractivity contribution in [2.75, 3.05) is 33.3 Å². The fraction of sp³-hybridized carbons (Fsp3) is 0.533. The van der Waals surface area contributed by atoms with Crippen LogP contribution in [0.25, 0.3) is 0 Å². The molecule has 0 saturated carbocycles. The van der Waals surface area contributed by atoms with Gasteiger partial charge in [-0.05, 0) is 24.6 Å². The molecule has 120 valence electrons. The molecular formula is C15H19Cl2N3O2. The summed E-state index contributed by atoms with van der Waals surface area (Å²) < 4.78 is 5.72. The molecule has 0 spiro atoms. The lowest BCUT2D eigenvalue weighted by Gasteiger charge is -2.35. The first kappa shape index (κ1) is 15.7. The molecule has 0 aliphatic carbocycles. The van der Waals surface area contributed by atoms with Crippen LogP contribution in [0.15, 0.2) is 18.2 Å². The second-order valence-corrected chi connectivity index (χ2v) is 6.59. The number of benzene rings is 1. The number of hydrogen-bond donors (Lipinski definition) is 1. The summed E-state index contributed by atoms with van der Waals surface area (Å²) in [7, 11) is 1.86. The van der Waals surface area contributed by atoms with Gasteiger partial charge in [0.15, 0.2) is 0 Å². The normalized spacial score (nSPS) is 25.0. The van der Waals surface area contributed by atoms with Gasteiger partial charge in [-0.15, -0.1) is 0 Å². The van der Waals surface area contributed by atoms with Crippen molar-refractivity contribution in [2.24, 2.45) is 0 Å². The van der Waals surface area contributed by atoms with Gasteiger partial charge in [0.05, 0.1) is 17.1 Å².